The first-order valence-electron chi connectivity index (χ1n) is 7.09. The molecule has 0 bridgehead atoms. The van der Waals surface area contributed by atoms with E-state index in [1.165, 1.54) is 10.9 Å². The fourth-order valence-electron chi connectivity index (χ4n) is 3.22. The minimum atomic E-state index is -0.747. The first-order chi connectivity index (χ1) is 10.4. The number of carbonyl (C=O) groups is 2. The van der Waals surface area contributed by atoms with E-state index in [1.54, 1.807) is 4.90 Å². The fourth-order valence-corrected chi connectivity index (χ4v) is 3.22. The Morgan fingerprint density at radius 1 is 1.45 bits per heavy atom. The molecule has 1 saturated heterocycles. The van der Waals surface area contributed by atoms with Gasteiger partial charge in [0.25, 0.3) is 0 Å². The van der Waals surface area contributed by atoms with E-state index < -0.39 is 10.9 Å². The van der Waals surface area contributed by atoms with E-state index in [1.807, 2.05) is 0 Å². The van der Waals surface area contributed by atoms with Crippen molar-refractivity contribution >= 4 is 17.6 Å². The van der Waals surface area contributed by atoms with E-state index in [-0.39, 0.29) is 29.5 Å². The van der Waals surface area contributed by atoms with Gasteiger partial charge in [0.2, 0.25) is 5.91 Å². The number of aliphatic carboxylic acids is 1. The SMILES string of the molecule is O=C(O)C1CC12CCN(C(=O)Cn1cc([N+](=O)[O-])cn1)CC2. The van der Waals surface area contributed by atoms with Crippen LogP contribution in [0.2, 0.25) is 0 Å². The summed E-state index contributed by atoms with van der Waals surface area (Å²) in [6, 6.07) is 0. The Morgan fingerprint density at radius 2 is 2.14 bits per heavy atom. The first-order valence-corrected chi connectivity index (χ1v) is 7.09. The molecule has 9 heteroatoms. The van der Waals surface area contributed by atoms with Crippen molar-refractivity contribution in [1.29, 1.82) is 0 Å². The Labute approximate surface area is 125 Å². The van der Waals surface area contributed by atoms with Gasteiger partial charge >= 0.3 is 11.7 Å². The number of carboxylic acid groups (broad SMARTS) is 1. The summed E-state index contributed by atoms with van der Waals surface area (Å²) in [6.07, 6.45) is 4.45. The topological polar surface area (TPSA) is 119 Å². The van der Waals surface area contributed by atoms with Crippen LogP contribution in [0.4, 0.5) is 5.69 Å². The molecule has 1 saturated carbocycles. The molecule has 1 amide bonds. The van der Waals surface area contributed by atoms with Gasteiger partial charge in [-0.25, -0.2) is 0 Å². The Morgan fingerprint density at radius 3 is 2.64 bits per heavy atom. The van der Waals surface area contributed by atoms with Crippen LogP contribution in [0.1, 0.15) is 19.3 Å². The highest BCUT2D eigenvalue weighted by atomic mass is 16.6. The second-order valence-electron chi connectivity index (χ2n) is 5.99. The summed E-state index contributed by atoms with van der Waals surface area (Å²) in [5, 5.41) is 23.4. The van der Waals surface area contributed by atoms with Gasteiger partial charge < -0.3 is 10.0 Å². The Bertz CT molecular complexity index is 632. The summed E-state index contributed by atoms with van der Waals surface area (Å²) < 4.78 is 1.25. The summed E-state index contributed by atoms with van der Waals surface area (Å²) in [5.41, 5.74) is -0.264. The van der Waals surface area contributed by atoms with Gasteiger partial charge in [-0.15, -0.1) is 0 Å². The molecular formula is C13H16N4O5. The Balaban J connectivity index is 1.54. The van der Waals surface area contributed by atoms with Crippen molar-refractivity contribution in [2.75, 3.05) is 13.1 Å². The lowest BCUT2D eigenvalue weighted by atomic mass is 9.91. The number of hydrogen-bond acceptors (Lipinski definition) is 5. The van der Waals surface area contributed by atoms with E-state index in [2.05, 4.69) is 5.10 Å². The van der Waals surface area contributed by atoms with Crippen molar-refractivity contribution in [1.82, 2.24) is 14.7 Å². The third-order valence-electron chi connectivity index (χ3n) is 4.73. The molecule has 1 unspecified atom stereocenters. The van der Waals surface area contributed by atoms with Crippen LogP contribution in [0.25, 0.3) is 0 Å². The lowest BCUT2D eigenvalue weighted by Gasteiger charge is -2.32. The largest absolute Gasteiger partial charge is 0.481 e. The summed E-state index contributed by atoms with van der Waals surface area (Å²) in [6.45, 7) is 1.03. The average molecular weight is 308 g/mol. The second-order valence-corrected chi connectivity index (χ2v) is 5.99. The van der Waals surface area contributed by atoms with Crippen LogP contribution >= 0.6 is 0 Å². The van der Waals surface area contributed by atoms with E-state index >= 15 is 0 Å². The van der Waals surface area contributed by atoms with Crippen molar-refractivity contribution in [3.05, 3.63) is 22.5 Å². The molecule has 1 aromatic rings. The molecule has 22 heavy (non-hydrogen) atoms. The summed E-state index contributed by atoms with van der Waals surface area (Å²) in [5.74, 6) is -1.16. The van der Waals surface area contributed by atoms with E-state index in [0.717, 1.165) is 6.20 Å². The number of piperidine rings is 1. The third kappa shape index (κ3) is 2.53. The normalized spacial score (nSPS) is 22.5. The molecule has 2 aliphatic rings. The minimum Gasteiger partial charge on any atom is -0.481 e. The molecule has 2 fully saturated rings. The maximum absolute atomic E-state index is 12.2. The molecule has 2 heterocycles. The summed E-state index contributed by atoms with van der Waals surface area (Å²) in [7, 11) is 0. The molecule has 1 N–H and O–H groups in total. The standard InChI is InChI=1S/C13H16N4O5/c18-11(8-16-7-9(6-14-16)17(21)22)15-3-1-13(2-4-15)5-10(13)12(19)20/h6-7,10H,1-5,8H2,(H,19,20). The second kappa shape index (κ2) is 5.08. The van der Waals surface area contributed by atoms with E-state index in [0.29, 0.717) is 32.4 Å². The molecule has 9 nitrogen and oxygen atoms in total. The third-order valence-corrected chi connectivity index (χ3v) is 4.73. The zero-order chi connectivity index (χ0) is 15.9. The highest BCUT2D eigenvalue weighted by Crippen LogP contribution is 2.59. The quantitative estimate of drug-likeness (QED) is 0.639. The van der Waals surface area contributed by atoms with Crippen LogP contribution < -0.4 is 0 Å². The van der Waals surface area contributed by atoms with Crippen LogP contribution in [0.3, 0.4) is 0 Å². The number of carboxylic acids is 1. The number of carbonyl (C=O) groups excluding carboxylic acids is 1. The Kier molecular flexibility index (Phi) is 3.34. The maximum atomic E-state index is 12.2. The fraction of sp³-hybridized carbons (Fsp3) is 0.615. The summed E-state index contributed by atoms with van der Waals surface area (Å²) >= 11 is 0. The van der Waals surface area contributed by atoms with E-state index in [4.69, 9.17) is 5.11 Å². The minimum absolute atomic E-state index is 0.0385. The maximum Gasteiger partial charge on any atom is 0.307 e. The number of amides is 1. The predicted octanol–water partition coefficient (Wildman–Crippen LogP) is 0.505. The van der Waals surface area contributed by atoms with Crippen molar-refractivity contribution in [2.24, 2.45) is 11.3 Å². The number of hydrogen-bond donors (Lipinski definition) is 1. The van der Waals surface area contributed by atoms with Crippen molar-refractivity contribution in [2.45, 2.75) is 25.8 Å². The highest BCUT2D eigenvalue weighted by molar-refractivity contribution is 5.77. The lowest BCUT2D eigenvalue weighted by molar-refractivity contribution is -0.385. The zero-order valence-electron chi connectivity index (χ0n) is 11.8. The number of nitro groups is 1. The molecular weight excluding hydrogens is 292 g/mol. The Hall–Kier alpha value is -2.45. The molecule has 1 aromatic heterocycles. The van der Waals surface area contributed by atoms with Crippen LogP contribution in [-0.2, 0) is 16.1 Å². The average Bonchev–Trinajstić information content (AvgIpc) is 2.96. The highest BCUT2D eigenvalue weighted by Gasteiger charge is 2.59. The van der Waals surface area contributed by atoms with Gasteiger partial charge in [0.1, 0.15) is 18.9 Å². The smallest absolute Gasteiger partial charge is 0.307 e. The van der Waals surface area contributed by atoms with E-state index in [9.17, 15) is 19.7 Å². The monoisotopic (exact) mass is 308 g/mol. The van der Waals surface area contributed by atoms with Gasteiger partial charge in [-0.1, -0.05) is 0 Å². The summed E-state index contributed by atoms with van der Waals surface area (Å²) in [4.78, 5) is 34.9. The molecule has 3 rings (SSSR count). The zero-order valence-corrected chi connectivity index (χ0v) is 11.8. The van der Waals surface area contributed by atoms with Crippen LogP contribution in [0.15, 0.2) is 12.4 Å². The van der Waals surface area contributed by atoms with Gasteiger partial charge in [-0.3, -0.25) is 24.4 Å². The van der Waals surface area contributed by atoms with Gasteiger partial charge in [-0.2, -0.15) is 5.10 Å². The van der Waals surface area contributed by atoms with Crippen molar-refractivity contribution in [3.8, 4) is 0 Å². The van der Waals surface area contributed by atoms with Crippen molar-refractivity contribution < 1.29 is 19.6 Å². The van der Waals surface area contributed by atoms with Crippen molar-refractivity contribution in [3.63, 3.8) is 0 Å². The number of nitrogens with zero attached hydrogens (tertiary/aromatic N) is 4. The van der Waals surface area contributed by atoms with Crippen LogP contribution in [0, 0.1) is 21.4 Å². The van der Waals surface area contributed by atoms with Gasteiger partial charge in [0, 0.05) is 13.1 Å². The molecule has 1 spiro atoms. The molecule has 1 aliphatic heterocycles. The predicted molar refractivity (Wildman–Crippen MR) is 72.9 cm³/mol. The number of likely N-dealkylation sites (tertiary alicyclic amines) is 1. The van der Waals surface area contributed by atoms with Crippen LogP contribution in [0.5, 0.6) is 0 Å². The molecule has 1 atom stereocenters. The van der Waals surface area contributed by atoms with Crippen LogP contribution in [-0.4, -0.2) is 49.7 Å². The van der Waals surface area contributed by atoms with Gasteiger partial charge in [-0.05, 0) is 24.7 Å². The van der Waals surface area contributed by atoms with Gasteiger partial charge in [0.15, 0.2) is 0 Å². The molecule has 0 radical (unpaired) electrons. The first kappa shape index (κ1) is 14.5. The number of aromatic nitrogens is 2. The molecule has 118 valence electrons. The van der Waals surface area contributed by atoms with Gasteiger partial charge in [0.05, 0.1) is 10.8 Å². The number of rotatable bonds is 4. The lowest BCUT2D eigenvalue weighted by Crippen LogP contribution is -2.41. The molecule has 1 aliphatic carbocycles. The molecule has 0 aromatic carbocycles.